The minimum absolute atomic E-state index is 1.01. The zero-order valence-corrected chi connectivity index (χ0v) is 19.5. The number of para-hydroxylation sites is 3. The Hall–Kier alpha value is -4.73. The van der Waals surface area contributed by atoms with Crippen LogP contribution in [0.2, 0.25) is 0 Å². The maximum absolute atomic E-state index is 4.74. The van der Waals surface area contributed by atoms with Gasteiger partial charge < -0.3 is 4.57 Å². The van der Waals surface area contributed by atoms with E-state index in [1.807, 2.05) is 12.3 Å². The van der Waals surface area contributed by atoms with E-state index in [1.165, 1.54) is 55.4 Å². The first kappa shape index (κ1) is 19.6. The first-order valence-electron chi connectivity index (χ1n) is 12.3. The number of pyridine rings is 1. The molecule has 3 heteroatoms. The highest BCUT2D eigenvalue weighted by Crippen LogP contribution is 2.40. The number of hydrogen-bond donors (Lipinski definition) is 1. The lowest BCUT2D eigenvalue weighted by molar-refractivity contribution is -0.473. The molecule has 0 amide bonds. The second-order valence-electron chi connectivity index (χ2n) is 9.47. The summed E-state index contributed by atoms with van der Waals surface area (Å²) in [4.78, 5) is 4.74. The maximum atomic E-state index is 4.74. The topological polar surface area (TPSA) is 34.4 Å². The van der Waals surface area contributed by atoms with Gasteiger partial charge in [-0.05, 0) is 59.7 Å². The van der Waals surface area contributed by atoms with E-state index in [0.29, 0.717) is 0 Å². The van der Waals surface area contributed by atoms with Crippen molar-refractivity contribution in [3.63, 3.8) is 0 Å². The largest absolute Gasteiger partial charge is 0.307 e. The molecule has 5 aromatic carbocycles. The van der Waals surface area contributed by atoms with Gasteiger partial charge in [0.25, 0.3) is 0 Å². The van der Waals surface area contributed by atoms with Gasteiger partial charge in [0, 0.05) is 45.6 Å². The standard InChI is InChI=1S/C33H21N3/c1-3-11-28-24(9-1)26-19-22(14-16-29(26)35-28)23-15-17-31-27(20-23)25-10-2-4-12-30(25)36(31)32-13-5-7-21-8-6-18-34-33(21)32/h1-20,35H/p+1. The third-order valence-corrected chi connectivity index (χ3v) is 7.47. The van der Waals surface area contributed by atoms with Gasteiger partial charge in [0.1, 0.15) is 11.4 Å². The van der Waals surface area contributed by atoms with E-state index in [-0.39, 0.29) is 0 Å². The molecule has 2 N–H and O–H groups in total. The van der Waals surface area contributed by atoms with E-state index in [2.05, 4.69) is 119 Å². The molecular weight excluding hydrogens is 438 g/mol. The van der Waals surface area contributed by atoms with Crippen LogP contribution >= 0.6 is 0 Å². The number of rotatable bonds is 2. The second-order valence-corrected chi connectivity index (χ2v) is 9.47. The van der Waals surface area contributed by atoms with Gasteiger partial charge in [0.05, 0.1) is 22.2 Å². The fourth-order valence-corrected chi connectivity index (χ4v) is 5.81. The molecule has 1 aliphatic rings. The Morgan fingerprint density at radius 1 is 0.556 bits per heavy atom. The monoisotopic (exact) mass is 460 g/mol. The third kappa shape index (κ3) is 2.75. The average molecular weight is 461 g/mol. The number of aromatic nitrogens is 2. The van der Waals surface area contributed by atoms with Gasteiger partial charge in [-0.2, -0.15) is 0 Å². The summed E-state index contributed by atoms with van der Waals surface area (Å²) in [6, 6.07) is 41.6. The number of quaternary nitrogens is 1. The van der Waals surface area contributed by atoms with Crippen LogP contribution in [-0.2, 0) is 0 Å². The van der Waals surface area contributed by atoms with Crippen molar-refractivity contribution in [3.8, 4) is 27.9 Å². The maximum Gasteiger partial charge on any atom is 0.142 e. The van der Waals surface area contributed by atoms with Crippen molar-refractivity contribution in [2.24, 2.45) is 0 Å². The number of nitrogens with zero attached hydrogens (tertiary/aromatic N) is 2. The van der Waals surface area contributed by atoms with Crippen LogP contribution in [0.15, 0.2) is 121 Å². The van der Waals surface area contributed by atoms with Gasteiger partial charge in [0.2, 0.25) is 0 Å². The number of benzene rings is 5. The van der Waals surface area contributed by atoms with Crippen molar-refractivity contribution in [2.45, 2.75) is 0 Å². The van der Waals surface area contributed by atoms with Crippen molar-refractivity contribution in [1.29, 1.82) is 0 Å². The summed E-state index contributed by atoms with van der Waals surface area (Å²) in [6.45, 7) is 0. The Bertz CT molecular complexity index is 1970. The lowest BCUT2D eigenvalue weighted by atomic mass is 9.98. The summed E-state index contributed by atoms with van der Waals surface area (Å²) in [7, 11) is 0. The van der Waals surface area contributed by atoms with Crippen LogP contribution in [0, 0.1) is 0 Å². The Morgan fingerprint density at radius 2 is 1.33 bits per heavy atom. The molecule has 0 aliphatic carbocycles. The van der Waals surface area contributed by atoms with E-state index in [4.69, 9.17) is 4.98 Å². The molecule has 0 radical (unpaired) electrons. The summed E-state index contributed by atoms with van der Waals surface area (Å²) in [6.07, 6.45) is 1.88. The molecule has 3 nitrogen and oxygen atoms in total. The molecule has 7 aromatic rings. The lowest BCUT2D eigenvalue weighted by Crippen LogP contribution is -2.69. The molecule has 0 fully saturated rings. The molecule has 0 saturated heterocycles. The predicted octanol–water partition coefficient (Wildman–Crippen LogP) is 7.51. The van der Waals surface area contributed by atoms with Gasteiger partial charge in [-0.25, -0.2) is 0 Å². The van der Waals surface area contributed by atoms with Gasteiger partial charge >= 0.3 is 0 Å². The third-order valence-electron chi connectivity index (χ3n) is 7.47. The van der Waals surface area contributed by atoms with Crippen LogP contribution < -0.4 is 5.32 Å². The van der Waals surface area contributed by atoms with Crippen molar-refractivity contribution in [3.05, 3.63) is 121 Å². The SMILES string of the molecule is c1ccc2c(c1)[NH2+]c1ccc(-c3ccc4c(c3)c3ccccc3n4-c3cccc4cccnc34)cc1-2. The lowest BCUT2D eigenvalue weighted by Gasteiger charge is -2.11. The molecule has 1 aliphatic heterocycles. The van der Waals surface area contributed by atoms with E-state index < -0.39 is 0 Å². The minimum atomic E-state index is 1.01. The Balaban J connectivity index is 1.36. The average Bonchev–Trinajstić information content (AvgIpc) is 3.47. The molecule has 0 saturated carbocycles. The van der Waals surface area contributed by atoms with Crippen molar-refractivity contribution in [1.82, 2.24) is 9.55 Å². The molecule has 2 aromatic heterocycles. The van der Waals surface area contributed by atoms with Crippen LogP contribution in [0.4, 0.5) is 11.4 Å². The Morgan fingerprint density at radius 3 is 2.33 bits per heavy atom. The number of nitrogens with two attached hydrogens (primary N) is 1. The first-order chi connectivity index (χ1) is 17.8. The molecule has 0 spiro atoms. The molecule has 8 rings (SSSR count). The van der Waals surface area contributed by atoms with E-state index >= 15 is 0 Å². The smallest absolute Gasteiger partial charge is 0.142 e. The molecule has 3 heterocycles. The van der Waals surface area contributed by atoms with Gasteiger partial charge in [-0.1, -0.05) is 54.6 Å². The van der Waals surface area contributed by atoms with Gasteiger partial charge in [-0.15, -0.1) is 0 Å². The normalized spacial score (nSPS) is 12.3. The van der Waals surface area contributed by atoms with Crippen LogP contribution in [0.3, 0.4) is 0 Å². The summed E-state index contributed by atoms with van der Waals surface area (Å²) in [5.41, 5.74) is 12.2. The summed E-state index contributed by atoms with van der Waals surface area (Å²) >= 11 is 0. The minimum Gasteiger partial charge on any atom is -0.307 e. The molecule has 168 valence electrons. The number of fused-ring (bicyclic) bond motifs is 7. The Kier molecular flexibility index (Phi) is 4.01. The van der Waals surface area contributed by atoms with Crippen LogP contribution in [-0.4, -0.2) is 9.55 Å². The van der Waals surface area contributed by atoms with Crippen LogP contribution in [0.5, 0.6) is 0 Å². The quantitative estimate of drug-likeness (QED) is 0.266. The molecule has 36 heavy (non-hydrogen) atoms. The fraction of sp³-hybridized carbons (Fsp3) is 0. The molecular formula is C33H22N3+. The van der Waals surface area contributed by atoms with Crippen molar-refractivity contribution in [2.75, 3.05) is 0 Å². The zero-order valence-electron chi connectivity index (χ0n) is 19.5. The number of hydrogen-bond acceptors (Lipinski definition) is 1. The summed E-state index contributed by atoms with van der Waals surface area (Å²) in [5, 5.41) is 5.93. The molecule has 0 atom stereocenters. The van der Waals surface area contributed by atoms with E-state index in [0.717, 1.165) is 16.6 Å². The summed E-state index contributed by atoms with van der Waals surface area (Å²) < 4.78 is 2.36. The van der Waals surface area contributed by atoms with Gasteiger partial charge in [0.15, 0.2) is 0 Å². The van der Waals surface area contributed by atoms with E-state index in [9.17, 15) is 0 Å². The highest BCUT2D eigenvalue weighted by Gasteiger charge is 2.23. The van der Waals surface area contributed by atoms with Gasteiger partial charge in [-0.3, -0.25) is 10.3 Å². The van der Waals surface area contributed by atoms with Crippen LogP contribution in [0.25, 0.3) is 60.6 Å². The Labute approximate surface area is 208 Å². The highest BCUT2D eigenvalue weighted by atomic mass is 15.0. The molecule has 0 unspecified atom stereocenters. The first-order valence-corrected chi connectivity index (χ1v) is 12.3. The van der Waals surface area contributed by atoms with E-state index in [1.54, 1.807) is 0 Å². The van der Waals surface area contributed by atoms with Crippen LogP contribution in [0.1, 0.15) is 0 Å². The summed E-state index contributed by atoms with van der Waals surface area (Å²) in [5.74, 6) is 0. The highest BCUT2D eigenvalue weighted by molar-refractivity contribution is 6.11. The molecule has 0 bridgehead atoms. The van der Waals surface area contributed by atoms with Crippen molar-refractivity contribution < 1.29 is 5.32 Å². The van der Waals surface area contributed by atoms with Crippen molar-refractivity contribution >= 4 is 44.1 Å². The predicted molar refractivity (Wildman–Crippen MR) is 148 cm³/mol. The zero-order chi connectivity index (χ0) is 23.6. The fourth-order valence-electron chi connectivity index (χ4n) is 5.81. The second kappa shape index (κ2) is 7.38.